The SMILES string of the molecule is COc1ccc(-c2cc(=O)c3c(OC)c(C4OC(CO)C(O)C(O)C4O)c(OC)cc3o2)cc1OC. The first kappa shape index (κ1) is 25.7. The first-order valence-corrected chi connectivity index (χ1v) is 11.0. The number of hydrogen-bond donors (Lipinski definition) is 4. The number of ether oxygens (including phenoxy) is 5. The van der Waals surface area contributed by atoms with E-state index in [1.54, 1.807) is 18.2 Å². The van der Waals surface area contributed by atoms with Crippen molar-refractivity contribution in [2.75, 3.05) is 35.0 Å². The van der Waals surface area contributed by atoms with Gasteiger partial charge in [-0.15, -0.1) is 0 Å². The zero-order chi connectivity index (χ0) is 26.1. The van der Waals surface area contributed by atoms with Crippen LogP contribution in [0.1, 0.15) is 11.7 Å². The molecule has 11 nitrogen and oxygen atoms in total. The van der Waals surface area contributed by atoms with Crippen LogP contribution in [0.15, 0.2) is 39.5 Å². The molecule has 0 spiro atoms. The van der Waals surface area contributed by atoms with Gasteiger partial charge in [0.1, 0.15) is 58.7 Å². The maximum Gasteiger partial charge on any atom is 0.197 e. The molecule has 11 heteroatoms. The smallest absolute Gasteiger partial charge is 0.197 e. The summed E-state index contributed by atoms with van der Waals surface area (Å²) in [4.78, 5) is 13.3. The largest absolute Gasteiger partial charge is 0.496 e. The van der Waals surface area contributed by atoms with E-state index in [1.165, 1.54) is 40.6 Å². The van der Waals surface area contributed by atoms with E-state index in [1.807, 2.05) is 0 Å². The Morgan fingerprint density at radius 3 is 2.14 bits per heavy atom. The fourth-order valence-corrected chi connectivity index (χ4v) is 4.40. The van der Waals surface area contributed by atoms with Crippen LogP contribution in [0, 0.1) is 0 Å². The molecular formula is C25H28O11. The monoisotopic (exact) mass is 504 g/mol. The Morgan fingerprint density at radius 2 is 1.53 bits per heavy atom. The number of aliphatic hydroxyl groups is 4. The van der Waals surface area contributed by atoms with Crippen LogP contribution >= 0.6 is 0 Å². The Balaban J connectivity index is 1.91. The third kappa shape index (κ3) is 4.25. The lowest BCUT2D eigenvalue weighted by Gasteiger charge is -2.40. The molecule has 2 heterocycles. The second kappa shape index (κ2) is 10.3. The Kier molecular flexibility index (Phi) is 7.38. The molecule has 3 aromatic rings. The predicted molar refractivity (Wildman–Crippen MR) is 127 cm³/mol. The topological polar surface area (TPSA) is 157 Å². The van der Waals surface area contributed by atoms with Gasteiger partial charge in [0.15, 0.2) is 16.9 Å². The van der Waals surface area contributed by atoms with Crippen molar-refractivity contribution in [2.24, 2.45) is 0 Å². The minimum atomic E-state index is -1.63. The van der Waals surface area contributed by atoms with Crippen molar-refractivity contribution < 1.29 is 48.5 Å². The average molecular weight is 504 g/mol. The summed E-state index contributed by atoms with van der Waals surface area (Å²) in [5.74, 6) is 1.35. The first-order valence-electron chi connectivity index (χ1n) is 11.0. The Bertz CT molecular complexity index is 1300. The van der Waals surface area contributed by atoms with Crippen molar-refractivity contribution in [1.29, 1.82) is 0 Å². The number of methoxy groups -OCH3 is 4. The second-order valence-electron chi connectivity index (χ2n) is 8.19. The summed E-state index contributed by atoms with van der Waals surface area (Å²) in [7, 11) is 5.70. The van der Waals surface area contributed by atoms with Gasteiger partial charge in [-0.1, -0.05) is 0 Å². The summed E-state index contributed by atoms with van der Waals surface area (Å²) in [5.41, 5.74) is 0.360. The molecular weight excluding hydrogens is 476 g/mol. The number of fused-ring (bicyclic) bond motifs is 1. The van der Waals surface area contributed by atoms with Gasteiger partial charge >= 0.3 is 0 Å². The van der Waals surface area contributed by atoms with Crippen LogP contribution in [0.5, 0.6) is 23.0 Å². The van der Waals surface area contributed by atoms with E-state index in [4.69, 9.17) is 28.1 Å². The highest BCUT2D eigenvalue weighted by Gasteiger charge is 2.46. The van der Waals surface area contributed by atoms with Crippen LogP contribution in [0.4, 0.5) is 0 Å². The summed E-state index contributed by atoms with van der Waals surface area (Å²) < 4.78 is 33.4. The van der Waals surface area contributed by atoms with Gasteiger partial charge in [-0.3, -0.25) is 4.79 Å². The molecule has 4 rings (SSSR count). The lowest BCUT2D eigenvalue weighted by molar-refractivity contribution is -0.232. The summed E-state index contributed by atoms with van der Waals surface area (Å²) in [6.45, 7) is -0.615. The molecule has 5 atom stereocenters. The van der Waals surface area contributed by atoms with Gasteiger partial charge < -0.3 is 48.5 Å². The van der Waals surface area contributed by atoms with E-state index in [2.05, 4.69) is 0 Å². The van der Waals surface area contributed by atoms with Gasteiger partial charge in [-0.25, -0.2) is 0 Å². The minimum Gasteiger partial charge on any atom is -0.496 e. The van der Waals surface area contributed by atoms with Crippen LogP contribution in [0.3, 0.4) is 0 Å². The van der Waals surface area contributed by atoms with Crippen LogP contribution in [-0.4, -0.2) is 79.9 Å². The average Bonchev–Trinajstić information content (AvgIpc) is 2.90. The van der Waals surface area contributed by atoms with Crippen LogP contribution in [-0.2, 0) is 4.74 Å². The van der Waals surface area contributed by atoms with E-state index in [0.29, 0.717) is 17.1 Å². The van der Waals surface area contributed by atoms with Crippen LogP contribution in [0.25, 0.3) is 22.3 Å². The number of aliphatic hydroxyl groups excluding tert-OH is 4. The molecule has 2 aromatic carbocycles. The van der Waals surface area contributed by atoms with E-state index in [0.717, 1.165) is 0 Å². The predicted octanol–water partition coefficient (Wildman–Crippen LogP) is 1.01. The Labute approximate surface area is 206 Å². The molecule has 4 N–H and O–H groups in total. The standard InChI is InChI=1S/C25H28O11/c1-31-13-6-5-11(7-15(13)32-2)14-8-12(27)19-17(35-14)9-16(33-3)20(24(19)34-4)25-23(30)22(29)21(28)18(10-26)36-25/h5-9,18,21-23,25-26,28-30H,10H2,1-4H3. The molecule has 0 radical (unpaired) electrons. The lowest BCUT2D eigenvalue weighted by atomic mass is 9.89. The maximum absolute atomic E-state index is 13.3. The molecule has 194 valence electrons. The quantitative estimate of drug-likeness (QED) is 0.364. The van der Waals surface area contributed by atoms with Crippen LogP contribution < -0.4 is 24.4 Å². The van der Waals surface area contributed by atoms with Crippen molar-refractivity contribution >= 4 is 11.0 Å². The third-order valence-electron chi connectivity index (χ3n) is 6.24. The first-order chi connectivity index (χ1) is 17.3. The van der Waals surface area contributed by atoms with Gasteiger partial charge in [-0.05, 0) is 18.2 Å². The molecule has 0 amide bonds. The van der Waals surface area contributed by atoms with E-state index < -0.39 is 42.6 Å². The highest BCUT2D eigenvalue weighted by Crippen LogP contribution is 2.45. The lowest BCUT2D eigenvalue weighted by Crippen LogP contribution is -2.55. The van der Waals surface area contributed by atoms with Gasteiger partial charge in [0.05, 0.1) is 40.6 Å². The fraction of sp³-hybridized carbons (Fsp3) is 0.400. The van der Waals surface area contributed by atoms with Crippen molar-refractivity contribution in [3.8, 4) is 34.3 Å². The molecule has 1 saturated heterocycles. The van der Waals surface area contributed by atoms with Crippen LogP contribution in [0.2, 0.25) is 0 Å². The van der Waals surface area contributed by atoms with Gasteiger partial charge in [0, 0.05) is 17.7 Å². The summed E-state index contributed by atoms with van der Waals surface area (Å²) in [6.07, 6.45) is -7.24. The fourth-order valence-electron chi connectivity index (χ4n) is 4.40. The highest BCUT2D eigenvalue weighted by molar-refractivity contribution is 5.89. The molecule has 5 unspecified atom stereocenters. The Morgan fingerprint density at radius 1 is 0.833 bits per heavy atom. The van der Waals surface area contributed by atoms with E-state index >= 15 is 0 Å². The molecule has 1 fully saturated rings. The van der Waals surface area contributed by atoms with Crippen molar-refractivity contribution in [3.63, 3.8) is 0 Å². The number of rotatable bonds is 7. The van der Waals surface area contributed by atoms with Crippen molar-refractivity contribution in [2.45, 2.75) is 30.5 Å². The molecule has 0 aliphatic carbocycles. The zero-order valence-electron chi connectivity index (χ0n) is 20.1. The van der Waals surface area contributed by atoms with E-state index in [9.17, 15) is 25.2 Å². The summed E-state index contributed by atoms with van der Waals surface area (Å²) in [6, 6.07) is 7.79. The molecule has 1 aromatic heterocycles. The Hall–Kier alpha value is -3.35. The zero-order valence-corrected chi connectivity index (χ0v) is 20.1. The van der Waals surface area contributed by atoms with Gasteiger partial charge in [-0.2, -0.15) is 0 Å². The maximum atomic E-state index is 13.3. The molecule has 0 bridgehead atoms. The van der Waals surface area contributed by atoms with Crippen molar-refractivity contribution in [1.82, 2.24) is 0 Å². The van der Waals surface area contributed by atoms with Gasteiger partial charge in [0.2, 0.25) is 0 Å². The second-order valence-corrected chi connectivity index (χ2v) is 8.19. The van der Waals surface area contributed by atoms with E-state index in [-0.39, 0.29) is 33.8 Å². The normalized spacial score (nSPS) is 23.9. The highest BCUT2D eigenvalue weighted by atomic mass is 16.5. The number of benzene rings is 2. The van der Waals surface area contributed by atoms with Gasteiger partial charge in [0.25, 0.3) is 0 Å². The van der Waals surface area contributed by atoms with Crippen molar-refractivity contribution in [3.05, 3.63) is 46.1 Å². The minimum absolute atomic E-state index is 0.00120. The summed E-state index contributed by atoms with van der Waals surface area (Å²) >= 11 is 0. The number of hydrogen-bond acceptors (Lipinski definition) is 11. The molecule has 36 heavy (non-hydrogen) atoms. The molecule has 1 aliphatic heterocycles. The summed E-state index contributed by atoms with van der Waals surface area (Å²) in [5, 5.41) is 40.8. The molecule has 0 saturated carbocycles. The molecule has 1 aliphatic rings. The third-order valence-corrected chi connectivity index (χ3v) is 6.24.